The summed E-state index contributed by atoms with van der Waals surface area (Å²) in [5.74, 6) is 1.42. The van der Waals surface area contributed by atoms with Crippen LogP contribution < -0.4 is 14.8 Å². The Kier molecular flexibility index (Phi) is 8.55. The fourth-order valence-corrected chi connectivity index (χ4v) is 12.7. The van der Waals surface area contributed by atoms with Crippen LogP contribution in [0.1, 0.15) is 90.7 Å². The van der Waals surface area contributed by atoms with Crippen LogP contribution >= 0.6 is 0 Å². The number of fused-ring (bicyclic) bond motifs is 2. The van der Waals surface area contributed by atoms with Gasteiger partial charge in [0.25, 0.3) is 0 Å². The molecular weight excluding hydrogens is 584 g/mol. The number of methoxy groups -OCH3 is 2. The Morgan fingerprint density at radius 3 is 2.13 bits per heavy atom. The zero-order valence-electron chi connectivity index (χ0n) is 29.3. The largest absolute Gasteiger partial charge is 0.502 e. The van der Waals surface area contributed by atoms with Gasteiger partial charge in [-0.25, -0.2) is 0 Å². The van der Waals surface area contributed by atoms with Crippen LogP contribution in [0.2, 0.25) is 0 Å². The van der Waals surface area contributed by atoms with E-state index in [2.05, 4.69) is 52.0 Å². The molecule has 9 heteroatoms. The summed E-state index contributed by atoms with van der Waals surface area (Å²) < 4.78 is 10.5. The maximum absolute atomic E-state index is 11.6. The summed E-state index contributed by atoms with van der Waals surface area (Å²) in [4.78, 5) is 2.29. The van der Waals surface area contributed by atoms with Crippen LogP contribution in [-0.2, 0) is 0 Å². The average Bonchev–Trinajstić information content (AvgIpc) is 3.64. The summed E-state index contributed by atoms with van der Waals surface area (Å²) in [5, 5.41) is 58.7. The van der Waals surface area contributed by atoms with E-state index in [9.17, 15) is 25.5 Å². The van der Waals surface area contributed by atoms with E-state index in [4.69, 9.17) is 9.47 Å². The first-order valence-electron chi connectivity index (χ1n) is 17.6. The molecule has 9 nitrogen and oxygen atoms in total. The maximum atomic E-state index is 11.6. The second-order valence-corrected chi connectivity index (χ2v) is 17.0. The molecule has 1 aromatic rings. The zero-order valence-corrected chi connectivity index (χ0v) is 29.3. The predicted octanol–water partition coefficient (Wildman–Crippen LogP) is 4.09. The summed E-state index contributed by atoms with van der Waals surface area (Å²) in [6.45, 7) is 9.79. The summed E-state index contributed by atoms with van der Waals surface area (Å²) in [6, 6.07) is 3.37. The first-order valence-corrected chi connectivity index (χ1v) is 17.6. The number of phenolic OH excluding ortho intramolecular Hbond substituents is 1. The minimum atomic E-state index is -1.22. The van der Waals surface area contributed by atoms with Crippen LogP contribution in [0, 0.1) is 44.8 Å². The summed E-state index contributed by atoms with van der Waals surface area (Å²) in [6.07, 6.45) is 6.15. The Morgan fingerprint density at radius 2 is 1.54 bits per heavy atom. The number of nitrogens with zero attached hydrogens (tertiary/aromatic N) is 1. The molecule has 5 aliphatic rings. The number of aliphatic hydroxyl groups is 4. The molecule has 5 aliphatic carbocycles. The Bertz CT molecular complexity index is 1290. The van der Waals surface area contributed by atoms with E-state index in [1.54, 1.807) is 0 Å². The monoisotopic (exact) mass is 644 g/mol. The van der Waals surface area contributed by atoms with Gasteiger partial charge in [0.2, 0.25) is 5.75 Å². The number of ether oxygens (including phenoxy) is 2. The molecule has 5 saturated carbocycles. The normalized spacial score (nSPS) is 44.8. The lowest BCUT2D eigenvalue weighted by Crippen LogP contribution is -2.62. The Morgan fingerprint density at radius 1 is 0.935 bits per heavy atom. The van der Waals surface area contributed by atoms with Crippen molar-refractivity contribution in [3.63, 3.8) is 0 Å². The van der Waals surface area contributed by atoms with E-state index >= 15 is 0 Å². The van der Waals surface area contributed by atoms with Crippen molar-refractivity contribution in [1.82, 2.24) is 10.2 Å². The minimum absolute atomic E-state index is 0.0103. The molecule has 2 unspecified atom stereocenters. The highest BCUT2D eigenvalue weighted by atomic mass is 16.5. The van der Waals surface area contributed by atoms with Gasteiger partial charge in [-0.3, -0.25) is 0 Å². The fraction of sp³-hybridized carbons (Fsp3) is 0.838. The summed E-state index contributed by atoms with van der Waals surface area (Å²) >= 11 is 0. The van der Waals surface area contributed by atoms with Crippen LogP contribution in [0.15, 0.2) is 12.1 Å². The Balaban J connectivity index is 1.19. The van der Waals surface area contributed by atoms with E-state index in [0.29, 0.717) is 23.4 Å². The third-order valence-electron chi connectivity index (χ3n) is 15.5. The SMILES string of the molecule is COc1cc([C@H](O)[C@@H](O)CN[C@H]2CC[C@]34C[C@]35CC[C@]3(C)[C@@H](C(C)N(C)C)[C@H](O)C[C@@]3(C)[C@@H]5CCC4[C@]2(C)CO)cc(OC)c1O. The predicted molar refractivity (Wildman–Crippen MR) is 177 cm³/mol. The molecule has 0 amide bonds. The minimum Gasteiger partial charge on any atom is -0.502 e. The lowest BCUT2D eigenvalue weighted by atomic mass is 9.41. The Hall–Kier alpha value is -1.62. The van der Waals surface area contributed by atoms with Crippen molar-refractivity contribution >= 4 is 0 Å². The number of hydrogen-bond donors (Lipinski definition) is 6. The fourth-order valence-electron chi connectivity index (χ4n) is 12.7. The van der Waals surface area contributed by atoms with Gasteiger partial charge in [-0.05, 0) is 124 Å². The number of aliphatic hydroxyl groups excluding tert-OH is 4. The molecule has 0 bridgehead atoms. The van der Waals surface area contributed by atoms with Crippen molar-refractivity contribution in [1.29, 1.82) is 0 Å². The smallest absolute Gasteiger partial charge is 0.200 e. The molecule has 13 atom stereocenters. The quantitative estimate of drug-likeness (QED) is 0.223. The van der Waals surface area contributed by atoms with Crippen molar-refractivity contribution < 1.29 is 35.0 Å². The molecule has 0 aliphatic heterocycles. The second-order valence-electron chi connectivity index (χ2n) is 17.0. The van der Waals surface area contributed by atoms with Crippen LogP contribution in [0.25, 0.3) is 0 Å². The maximum Gasteiger partial charge on any atom is 0.200 e. The first kappa shape index (κ1) is 34.3. The molecular formula is C37H60N2O7. The third kappa shape index (κ3) is 4.47. The first-order chi connectivity index (χ1) is 21.6. The number of benzene rings is 1. The molecule has 46 heavy (non-hydrogen) atoms. The molecule has 0 radical (unpaired) electrons. The average molecular weight is 645 g/mol. The second kappa shape index (κ2) is 11.5. The zero-order chi connectivity index (χ0) is 33.6. The van der Waals surface area contributed by atoms with Crippen LogP contribution in [0.4, 0.5) is 0 Å². The van der Waals surface area contributed by atoms with E-state index < -0.39 is 12.2 Å². The third-order valence-corrected chi connectivity index (χ3v) is 15.5. The molecule has 6 N–H and O–H groups in total. The van der Waals surface area contributed by atoms with Crippen LogP contribution in [0.5, 0.6) is 17.2 Å². The topological polar surface area (TPSA) is 135 Å². The van der Waals surface area contributed by atoms with Gasteiger partial charge in [-0.2, -0.15) is 0 Å². The van der Waals surface area contributed by atoms with Crippen molar-refractivity contribution in [3.8, 4) is 17.2 Å². The van der Waals surface area contributed by atoms with Gasteiger partial charge in [-0.1, -0.05) is 20.8 Å². The van der Waals surface area contributed by atoms with Crippen molar-refractivity contribution in [2.75, 3.05) is 41.5 Å². The molecule has 1 aromatic carbocycles. The summed E-state index contributed by atoms with van der Waals surface area (Å²) in [5.41, 5.74) is 0.755. The highest BCUT2D eigenvalue weighted by Crippen LogP contribution is 2.89. The number of hydrogen-bond acceptors (Lipinski definition) is 9. The van der Waals surface area contributed by atoms with Crippen molar-refractivity contribution in [2.24, 2.45) is 44.8 Å². The van der Waals surface area contributed by atoms with Crippen molar-refractivity contribution in [2.45, 2.75) is 109 Å². The van der Waals surface area contributed by atoms with Gasteiger partial charge in [-0.15, -0.1) is 0 Å². The van der Waals surface area contributed by atoms with Gasteiger partial charge < -0.3 is 45.2 Å². The Labute approximate surface area is 275 Å². The van der Waals surface area contributed by atoms with Gasteiger partial charge in [0.15, 0.2) is 11.5 Å². The lowest BCUT2D eigenvalue weighted by Gasteiger charge is -2.64. The molecule has 0 aromatic heterocycles. The van der Waals surface area contributed by atoms with E-state index in [-0.39, 0.29) is 75.5 Å². The van der Waals surface area contributed by atoms with Crippen LogP contribution in [0.3, 0.4) is 0 Å². The molecule has 5 fully saturated rings. The highest BCUT2D eigenvalue weighted by molar-refractivity contribution is 5.53. The summed E-state index contributed by atoms with van der Waals surface area (Å²) in [7, 11) is 7.14. The van der Waals surface area contributed by atoms with E-state index in [0.717, 1.165) is 38.5 Å². The van der Waals surface area contributed by atoms with E-state index in [1.165, 1.54) is 39.2 Å². The van der Waals surface area contributed by atoms with E-state index in [1.807, 2.05) is 0 Å². The standard InChI is InChI=1S/C37H60N2O7/c1-21(39(5)6)30-23(41)17-35(4)28-10-9-27-33(2,20-40)29(11-12-36(27)19-37(28,36)14-13-34(30,35)3)38-18-24(42)31(43)22-15-25(45-7)32(44)26(16-22)46-8/h15-16,21,23-24,27-31,38,40-44H,9-14,17-20H2,1-8H3/t21?,23-,24+,27?,28+,29+,30+,31+,33+,34-,35+,36-,37+/m1/s1. The van der Waals surface area contributed by atoms with Gasteiger partial charge >= 0.3 is 0 Å². The van der Waals surface area contributed by atoms with Gasteiger partial charge in [0.05, 0.1) is 33.0 Å². The lowest BCUT2D eigenvalue weighted by molar-refractivity contribution is -0.155. The number of nitrogens with one attached hydrogen (secondary N) is 1. The van der Waals surface area contributed by atoms with Crippen molar-refractivity contribution in [3.05, 3.63) is 17.7 Å². The highest BCUT2D eigenvalue weighted by Gasteiger charge is 2.83. The number of rotatable bonds is 10. The molecule has 0 heterocycles. The van der Waals surface area contributed by atoms with Crippen LogP contribution in [-0.4, -0.2) is 96.2 Å². The molecule has 0 saturated heterocycles. The van der Waals surface area contributed by atoms with Gasteiger partial charge in [0, 0.05) is 30.0 Å². The van der Waals surface area contributed by atoms with Gasteiger partial charge in [0.1, 0.15) is 6.10 Å². The number of phenols is 1. The molecule has 260 valence electrons. The number of aromatic hydroxyl groups is 1. The molecule has 6 rings (SSSR count). The molecule has 2 spiro atoms.